The molecule has 0 amide bonds. The van der Waals surface area contributed by atoms with Crippen molar-refractivity contribution in [1.29, 1.82) is 0 Å². The molecular weight excluding hydrogens is 276 g/mol. The Morgan fingerprint density at radius 1 is 1.25 bits per heavy atom. The molecule has 1 aromatic heterocycles. The first-order valence-corrected chi connectivity index (χ1v) is 7.91. The van der Waals surface area contributed by atoms with Crippen molar-refractivity contribution in [2.45, 2.75) is 18.4 Å². The summed E-state index contributed by atoms with van der Waals surface area (Å²) in [4.78, 5) is 0.165. The molecule has 0 atom stereocenters. The monoisotopic (exact) mass is 294 g/mol. The van der Waals surface area contributed by atoms with Crippen LogP contribution in [0.4, 0.5) is 5.69 Å². The van der Waals surface area contributed by atoms with E-state index in [-0.39, 0.29) is 4.90 Å². The van der Waals surface area contributed by atoms with Gasteiger partial charge in [-0.3, -0.25) is 9.40 Å². The van der Waals surface area contributed by atoms with Crippen LogP contribution in [-0.2, 0) is 16.6 Å². The molecule has 20 heavy (non-hydrogen) atoms. The fraction of sp³-hybridized carbons (Fsp3) is 0.308. The van der Waals surface area contributed by atoms with Gasteiger partial charge in [-0.05, 0) is 18.7 Å². The zero-order valence-electron chi connectivity index (χ0n) is 11.3. The van der Waals surface area contributed by atoms with Crippen LogP contribution in [0.15, 0.2) is 47.6 Å². The largest absolute Gasteiger partial charge is 0.315 e. The average Bonchev–Trinajstić information content (AvgIpc) is 2.89. The number of hydrogen-bond donors (Lipinski definition) is 2. The van der Waals surface area contributed by atoms with E-state index in [4.69, 9.17) is 0 Å². The van der Waals surface area contributed by atoms with E-state index in [2.05, 4.69) is 15.1 Å². The lowest BCUT2D eigenvalue weighted by molar-refractivity contribution is 0.564. The van der Waals surface area contributed by atoms with Gasteiger partial charge < -0.3 is 5.32 Å². The van der Waals surface area contributed by atoms with Crippen molar-refractivity contribution in [2.24, 2.45) is 0 Å². The van der Waals surface area contributed by atoms with Gasteiger partial charge in [0, 0.05) is 18.4 Å². The number of para-hydroxylation sites is 1. The third kappa shape index (κ3) is 3.82. The summed E-state index contributed by atoms with van der Waals surface area (Å²) in [5.74, 6) is 0. The molecule has 2 aromatic rings. The maximum Gasteiger partial charge on any atom is 0.265 e. The normalized spacial score (nSPS) is 11.4. The lowest BCUT2D eigenvalue weighted by Crippen LogP contribution is -2.19. The zero-order valence-corrected chi connectivity index (χ0v) is 12.1. The van der Waals surface area contributed by atoms with E-state index >= 15 is 0 Å². The Morgan fingerprint density at radius 3 is 2.70 bits per heavy atom. The highest BCUT2D eigenvalue weighted by atomic mass is 32.2. The number of rotatable bonds is 7. The van der Waals surface area contributed by atoms with Gasteiger partial charge in [0.15, 0.2) is 0 Å². The van der Waals surface area contributed by atoms with Crippen LogP contribution < -0.4 is 10.0 Å². The van der Waals surface area contributed by atoms with Crippen molar-refractivity contribution in [3.05, 3.63) is 42.7 Å². The summed E-state index contributed by atoms with van der Waals surface area (Å²) in [5, 5.41) is 7.21. The maximum atomic E-state index is 12.2. The third-order valence-corrected chi connectivity index (χ3v) is 4.05. The lowest BCUT2D eigenvalue weighted by atomic mass is 10.3. The highest BCUT2D eigenvalue weighted by molar-refractivity contribution is 7.92. The molecule has 0 aliphatic rings. The topological polar surface area (TPSA) is 76.0 Å². The molecule has 0 radical (unpaired) electrons. The molecule has 2 rings (SSSR count). The number of nitrogens with zero attached hydrogens (tertiary/aromatic N) is 2. The van der Waals surface area contributed by atoms with Crippen molar-refractivity contribution in [1.82, 2.24) is 15.1 Å². The van der Waals surface area contributed by atoms with Gasteiger partial charge in [0.2, 0.25) is 0 Å². The average molecular weight is 294 g/mol. The van der Waals surface area contributed by atoms with Crippen molar-refractivity contribution < 1.29 is 8.42 Å². The van der Waals surface area contributed by atoms with Crippen molar-refractivity contribution in [3.63, 3.8) is 0 Å². The summed E-state index contributed by atoms with van der Waals surface area (Å²) in [5.41, 5.74) is 0.535. The summed E-state index contributed by atoms with van der Waals surface area (Å²) in [7, 11) is -3.58. The standard InChI is InChI=1S/C13H18N4O2S/c1-2-14-8-9-17-11-13(10-15-17)20(18,19)16-12-6-4-3-5-7-12/h3-7,10-11,14,16H,2,8-9H2,1H3. The summed E-state index contributed by atoms with van der Waals surface area (Å²) >= 11 is 0. The van der Waals surface area contributed by atoms with Crippen LogP contribution in [0.25, 0.3) is 0 Å². The fourth-order valence-corrected chi connectivity index (χ4v) is 2.71. The van der Waals surface area contributed by atoms with Gasteiger partial charge in [0.05, 0.1) is 12.7 Å². The number of benzene rings is 1. The third-order valence-electron chi connectivity index (χ3n) is 2.71. The molecule has 0 saturated heterocycles. The van der Waals surface area contributed by atoms with Gasteiger partial charge in [-0.25, -0.2) is 8.42 Å². The van der Waals surface area contributed by atoms with Crippen LogP contribution >= 0.6 is 0 Å². The zero-order chi connectivity index (χ0) is 14.4. The molecule has 1 heterocycles. The van der Waals surface area contributed by atoms with E-state index < -0.39 is 10.0 Å². The first-order chi connectivity index (χ1) is 9.62. The Labute approximate surface area is 118 Å². The predicted molar refractivity (Wildman–Crippen MR) is 78.0 cm³/mol. The number of sulfonamides is 1. The molecule has 6 nitrogen and oxygen atoms in total. The number of anilines is 1. The van der Waals surface area contributed by atoms with Crippen molar-refractivity contribution in [2.75, 3.05) is 17.8 Å². The molecule has 0 bridgehead atoms. The number of nitrogens with one attached hydrogen (secondary N) is 2. The molecule has 108 valence electrons. The summed E-state index contributed by atoms with van der Waals surface area (Å²) < 4.78 is 28.5. The Balaban J connectivity index is 2.06. The smallest absolute Gasteiger partial charge is 0.265 e. The second kappa shape index (κ2) is 6.53. The van der Waals surface area contributed by atoms with Gasteiger partial charge in [0.1, 0.15) is 4.90 Å². The molecule has 2 N–H and O–H groups in total. The van der Waals surface area contributed by atoms with Gasteiger partial charge in [-0.2, -0.15) is 5.10 Å². The van der Waals surface area contributed by atoms with Gasteiger partial charge in [0.25, 0.3) is 10.0 Å². The first kappa shape index (κ1) is 14.5. The number of aromatic nitrogens is 2. The van der Waals surface area contributed by atoms with E-state index in [0.29, 0.717) is 12.2 Å². The number of likely N-dealkylation sites (N-methyl/N-ethyl adjacent to an activating group) is 1. The highest BCUT2D eigenvalue weighted by Gasteiger charge is 2.16. The quantitative estimate of drug-likeness (QED) is 0.755. The Bertz CT molecular complexity index is 637. The van der Waals surface area contributed by atoms with E-state index in [9.17, 15) is 8.42 Å². The van der Waals surface area contributed by atoms with Crippen LogP contribution in [0.3, 0.4) is 0 Å². The highest BCUT2D eigenvalue weighted by Crippen LogP contribution is 2.14. The first-order valence-electron chi connectivity index (χ1n) is 6.43. The molecule has 0 aliphatic carbocycles. The van der Waals surface area contributed by atoms with E-state index in [1.165, 1.54) is 12.4 Å². The van der Waals surface area contributed by atoms with Crippen LogP contribution in [0.1, 0.15) is 6.92 Å². The molecular formula is C13H18N4O2S. The summed E-state index contributed by atoms with van der Waals surface area (Å²) in [6.45, 7) is 4.28. The molecule has 7 heteroatoms. The van der Waals surface area contributed by atoms with Crippen molar-refractivity contribution in [3.8, 4) is 0 Å². The van der Waals surface area contributed by atoms with Gasteiger partial charge in [-0.1, -0.05) is 25.1 Å². The van der Waals surface area contributed by atoms with Crippen LogP contribution in [0.5, 0.6) is 0 Å². The predicted octanol–water partition coefficient (Wildman–Crippen LogP) is 1.29. The van der Waals surface area contributed by atoms with E-state index in [0.717, 1.165) is 13.1 Å². The fourth-order valence-electron chi connectivity index (χ4n) is 1.70. The van der Waals surface area contributed by atoms with Gasteiger partial charge in [-0.15, -0.1) is 0 Å². The maximum absolute atomic E-state index is 12.2. The van der Waals surface area contributed by atoms with Crippen molar-refractivity contribution >= 4 is 15.7 Å². The minimum atomic E-state index is -3.58. The summed E-state index contributed by atoms with van der Waals surface area (Å²) in [6, 6.07) is 8.78. The Morgan fingerprint density at radius 2 is 2.00 bits per heavy atom. The number of hydrogen-bond acceptors (Lipinski definition) is 4. The SMILES string of the molecule is CCNCCn1cc(S(=O)(=O)Nc2ccccc2)cn1. The van der Waals surface area contributed by atoms with Crippen LogP contribution in [0.2, 0.25) is 0 Å². The van der Waals surface area contributed by atoms with Crippen LogP contribution in [0, 0.1) is 0 Å². The Kier molecular flexibility index (Phi) is 4.75. The summed E-state index contributed by atoms with van der Waals surface area (Å²) in [6.07, 6.45) is 2.89. The van der Waals surface area contributed by atoms with E-state index in [1.54, 1.807) is 28.9 Å². The molecule has 0 spiro atoms. The minimum absolute atomic E-state index is 0.165. The molecule has 0 saturated carbocycles. The molecule has 1 aromatic carbocycles. The van der Waals surface area contributed by atoms with Crippen LogP contribution in [-0.4, -0.2) is 31.3 Å². The lowest BCUT2D eigenvalue weighted by Gasteiger charge is -2.05. The van der Waals surface area contributed by atoms with E-state index in [1.807, 2.05) is 13.0 Å². The van der Waals surface area contributed by atoms with Gasteiger partial charge >= 0.3 is 0 Å². The minimum Gasteiger partial charge on any atom is -0.315 e. The molecule has 0 aliphatic heterocycles. The molecule has 0 unspecified atom stereocenters. The second-order valence-corrected chi connectivity index (χ2v) is 5.95. The molecule has 0 fully saturated rings. The second-order valence-electron chi connectivity index (χ2n) is 4.26. The Hall–Kier alpha value is -1.86.